The van der Waals surface area contributed by atoms with Crippen LogP contribution in [0.4, 0.5) is 5.69 Å². The molecule has 7 heteroatoms. The quantitative estimate of drug-likeness (QED) is 0.839. The highest BCUT2D eigenvalue weighted by Gasteiger charge is 2.32. The lowest BCUT2D eigenvalue weighted by Gasteiger charge is -2.34. The Bertz CT molecular complexity index is 595. The van der Waals surface area contributed by atoms with Gasteiger partial charge in [0.15, 0.2) is 0 Å². The van der Waals surface area contributed by atoms with Gasteiger partial charge in [-0.2, -0.15) is 4.31 Å². The fraction of sp³-hybridized carbons (Fsp3) is 0.571. The average molecular weight is 313 g/mol. The van der Waals surface area contributed by atoms with E-state index < -0.39 is 10.0 Å². The first-order valence-corrected chi connectivity index (χ1v) is 8.40. The molecular weight excluding hydrogens is 290 g/mol. The standard InChI is InChI=1S/C14H23N3O3S/c1-16-8-6-12(7-9-16)17(2)21(18,19)14-10-11(15)4-5-13(14)20-3/h4-5,10,12H,6-9,15H2,1-3H3. The Morgan fingerprint density at radius 2 is 1.95 bits per heavy atom. The molecule has 118 valence electrons. The van der Waals surface area contributed by atoms with Crippen molar-refractivity contribution in [2.75, 3.05) is 40.0 Å². The summed E-state index contributed by atoms with van der Waals surface area (Å²) in [5.41, 5.74) is 6.14. The van der Waals surface area contributed by atoms with Gasteiger partial charge in [-0.15, -0.1) is 0 Å². The van der Waals surface area contributed by atoms with E-state index in [1.807, 2.05) is 7.05 Å². The lowest BCUT2D eigenvalue weighted by Crippen LogP contribution is -2.44. The Balaban J connectivity index is 2.31. The maximum absolute atomic E-state index is 12.8. The minimum Gasteiger partial charge on any atom is -0.495 e. The molecule has 1 aliphatic rings. The van der Waals surface area contributed by atoms with E-state index in [1.165, 1.54) is 17.5 Å². The Labute approximate surface area is 126 Å². The topological polar surface area (TPSA) is 75.9 Å². The Morgan fingerprint density at radius 1 is 1.33 bits per heavy atom. The molecule has 1 aromatic carbocycles. The van der Waals surface area contributed by atoms with Gasteiger partial charge in [0.1, 0.15) is 10.6 Å². The van der Waals surface area contributed by atoms with Crippen molar-refractivity contribution >= 4 is 15.7 Å². The van der Waals surface area contributed by atoms with Crippen LogP contribution < -0.4 is 10.5 Å². The van der Waals surface area contributed by atoms with Crippen LogP contribution in [0.1, 0.15) is 12.8 Å². The number of sulfonamides is 1. The Hall–Kier alpha value is -1.31. The maximum atomic E-state index is 12.8. The zero-order chi connectivity index (χ0) is 15.6. The Kier molecular flexibility index (Phi) is 4.75. The molecule has 1 aliphatic heterocycles. The van der Waals surface area contributed by atoms with Gasteiger partial charge in [-0.1, -0.05) is 0 Å². The summed E-state index contributed by atoms with van der Waals surface area (Å²) in [5.74, 6) is 0.323. The number of benzene rings is 1. The Morgan fingerprint density at radius 3 is 2.52 bits per heavy atom. The predicted molar refractivity (Wildman–Crippen MR) is 82.9 cm³/mol. The molecule has 0 atom stereocenters. The monoisotopic (exact) mass is 313 g/mol. The van der Waals surface area contributed by atoms with Crippen LogP contribution in [0.5, 0.6) is 5.75 Å². The molecule has 1 heterocycles. The summed E-state index contributed by atoms with van der Waals surface area (Å²) in [6.45, 7) is 1.80. The highest BCUT2D eigenvalue weighted by Crippen LogP contribution is 2.30. The van der Waals surface area contributed by atoms with E-state index in [1.54, 1.807) is 19.2 Å². The smallest absolute Gasteiger partial charge is 0.246 e. The summed E-state index contributed by atoms with van der Waals surface area (Å²) in [5, 5.41) is 0. The van der Waals surface area contributed by atoms with Crippen LogP contribution in [0.3, 0.4) is 0 Å². The molecule has 0 saturated carbocycles. The van der Waals surface area contributed by atoms with Gasteiger partial charge in [0.2, 0.25) is 10.0 Å². The fourth-order valence-electron chi connectivity index (χ4n) is 2.60. The van der Waals surface area contributed by atoms with Gasteiger partial charge < -0.3 is 15.4 Å². The molecule has 1 fully saturated rings. The van der Waals surface area contributed by atoms with Gasteiger partial charge in [-0.3, -0.25) is 0 Å². The van der Waals surface area contributed by atoms with Gasteiger partial charge >= 0.3 is 0 Å². The van der Waals surface area contributed by atoms with Gasteiger partial charge in [-0.25, -0.2) is 8.42 Å². The summed E-state index contributed by atoms with van der Waals surface area (Å²) >= 11 is 0. The van der Waals surface area contributed by atoms with E-state index >= 15 is 0 Å². The number of rotatable bonds is 4. The largest absolute Gasteiger partial charge is 0.495 e. The van der Waals surface area contributed by atoms with Crippen molar-refractivity contribution in [3.63, 3.8) is 0 Å². The first-order valence-electron chi connectivity index (χ1n) is 6.96. The number of nitrogens with two attached hydrogens (primary N) is 1. The predicted octanol–water partition coefficient (Wildman–Crippen LogP) is 0.992. The molecule has 1 aromatic rings. The minimum absolute atomic E-state index is 0.0114. The second-order valence-corrected chi connectivity index (χ2v) is 7.43. The van der Waals surface area contributed by atoms with E-state index in [4.69, 9.17) is 10.5 Å². The van der Waals surface area contributed by atoms with Crippen molar-refractivity contribution in [1.82, 2.24) is 9.21 Å². The highest BCUT2D eigenvalue weighted by molar-refractivity contribution is 7.89. The third-order valence-corrected chi connectivity index (χ3v) is 5.98. The molecule has 2 rings (SSSR count). The van der Waals surface area contributed by atoms with Gasteiger partial charge in [0.05, 0.1) is 7.11 Å². The fourth-order valence-corrected chi connectivity index (χ4v) is 4.21. The number of hydrogen-bond acceptors (Lipinski definition) is 5. The van der Waals surface area contributed by atoms with Crippen molar-refractivity contribution in [3.05, 3.63) is 18.2 Å². The van der Waals surface area contributed by atoms with Crippen molar-refractivity contribution in [1.29, 1.82) is 0 Å². The van der Waals surface area contributed by atoms with Crippen molar-refractivity contribution in [3.8, 4) is 5.75 Å². The zero-order valence-corrected chi connectivity index (χ0v) is 13.6. The number of methoxy groups -OCH3 is 1. The van der Waals surface area contributed by atoms with Crippen LogP contribution in [0.2, 0.25) is 0 Å². The van der Waals surface area contributed by atoms with Crippen LogP contribution >= 0.6 is 0 Å². The number of nitrogens with zero attached hydrogens (tertiary/aromatic N) is 2. The summed E-state index contributed by atoms with van der Waals surface area (Å²) in [6, 6.07) is 4.69. The number of piperidine rings is 1. The van der Waals surface area contributed by atoms with Crippen LogP contribution in [0.25, 0.3) is 0 Å². The zero-order valence-electron chi connectivity index (χ0n) is 12.7. The number of hydrogen-bond donors (Lipinski definition) is 1. The van der Waals surface area contributed by atoms with E-state index in [2.05, 4.69) is 4.90 Å². The molecule has 0 aliphatic carbocycles. The summed E-state index contributed by atoms with van der Waals surface area (Å²) in [7, 11) is 1.53. The molecule has 0 amide bonds. The lowest BCUT2D eigenvalue weighted by atomic mass is 10.1. The molecule has 0 spiro atoms. The molecule has 0 bridgehead atoms. The van der Waals surface area contributed by atoms with Crippen LogP contribution in [0, 0.1) is 0 Å². The first-order chi connectivity index (χ1) is 9.86. The van der Waals surface area contributed by atoms with E-state index in [0.29, 0.717) is 11.4 Å². The van der Waals surface area contributed by atoms with Crippen LogP contribution in [0.15, 0.2) is 23.1 Å². The highest BCUT2D eigenvalue weighted by atomic mass is 32.2. The third-order valence-electron chi connectivity index (χ3n) is 4.05. The van der Waals surface area contributed by atoms with Gasteiger partial charge in [0, 0.05) is 18.8 Å². The molecule has 0 radical (unpaired) electrons. The molecule has 6 nitrogen and oxygen atoms in total. The molecule has 2 N–H and O–H groups in total. The van der Waals surface area contributed by atoms with E-state index in [-0.39, 0.29) is 10.9 Å². The molecule has 21 heavy (non-hydrogen) atoms. The van der Waals surface area contributed by atoms with E-state index in [0.717, 1.165) is 25.9 Å². The first kappa shape index (κ1) is 16.1. The van der Waals surface area contributed by atoms with Crippen LogP contribution in [-0.4, -0.2) is 58.0 Å². The average Bonchev–Trinajstić information content (AvgIpc) is 2.47. The normalized spacial score (nSPS) is 18.1. The summed E-state index contributed by atoms with van der Waals surface area (Å²) < 4.78 is 32.3. The minimum atomic E-state index is -3.61. The molecule has 0 unspecified atom stereocenters. The number of anilines is 1. The number of nitrogen functional groups attached to an aromatic ring is 1. The maximum Gasteiger partial charge on any atom is 0.246 e. The SMILES string of the molecule is COc1ccc(N)cc1S(=O)(=O)N(C)C1CCN(C)CC1. The second-order valence-electron chi connectivity index (χ2n) is 5.47. The van der Waals surface area contributed by atoms with Crippen LogP contribution in [-0.2, 0) is 10.0 Å². The van der Waals surface area contributed by atoms with Crippen molar-refractivity contribution in [2.24, 2.45) is 0 Å². The summed E-state index contributed by atoms with van der Waals surface area (Å²) in [6.07, 6.45) is 1.66. The third kappa shape index (κ3) is 3.30. The lowest BCUT2D eigenvalue weighted by molar-refractivity contribution is 0.197. The van der Waals surface area contributed by atoms with Gasteiger partial charge in [0.25, 0.3) is 0 Å². The van der Waals surface area contributed by atoms with Gasteiger partial charge in [-0.05, 0) is 51.2 Å². The second kappa shape index (κ2) is 6.21. The molecule has 0 aromatic heterocycles. The molecule has 1 saturated heterocycles. The molecular formula is C14H23N3O3S. The number of ether oxygens (including phenoxy) is 1. The van der Waals surface area contributed by atoms with E-state index in [9.17, 15) is 8.42 Å². The summed E-state index contributed by atoms with van der Waals surface area (Å²) in [4.78, 5) is 2.34. The van der Waals surface area contributed by atoms with Crippen molar-refractivity contribution < 1.29 is 13.2 Å². The van der Waals surface area contributed by atoms with Crippen molar-refractivity contribution in [2.45, 2.75) is 23.8 Å². The number of likely N-dealkylation sites (tertiary alicyclic amines) is 1.